The summed E-state index contributed by atoms with van der Waals surface area (Å²) in [5.41, 5.74) is 0.0367. The lowest BCUT2D eigenvalue weighted by atomic mass is 9.82. The Labute approximate surface area is 133 Å². The number of nitrogens with zero attached hydrogens (tertiary/aromatic N) is 1. The summed E-state index contributed by atoms with van der Waals surface area (Å²) in [6.45, 7) is 15.0. The smallest absolute Gasteiger partial charge is 0.249 e. The molecule has 0 unspecified atom stereocenters. The first-order chi connectivity index (χ1) is 10.3. The fourth-order valence-corrected chi connectivity index (χ4v) is 2.56. The molecule has 0 amide bonds. The van der Waals surface area contributed by atoms with Crippen molar-refractivity contribution < 1.29 is 4.74 Å². The highest BCUT2D eigenvalue weighted by Gasteiger charge is 2.29. The summed E-state index contributed by atoms with van der Waals surface area (Å²) in [5.74, 6) is 0. The molecule has 0 saturated carbocycles. The molecular formula is C17H30N2O3. The highest BCUT2D eigenvalue weighted by atomic mass is 16.5. The first-order valence-electron chi connectivity index (χ1n) is 8.20. The topological polar surface area (TPSA) is 58.6 Å². The Kier molecular flexibility index (Phi) is 7.23. The lowest BCUT2D eigenvalue weighted by Gasteiger charge is -2.24. The molecule has 0 bridgehead atoms. The van der Waals surface area contributed by atoms with Gasteiger partial charge in [0.15, 0.2) is 0 Å². The minimum Gasteiger partial charge on any atom is -0.379 e. The summed E-state index contributed by atoms with van der Waals surface area (Å²) in [6, 6.07) is 0. The fraction of sp³-hybridized carbons (Fsp3) is 0.765. The van der Waals surface area contributed by atoms with Crippen molar-refractivity contribution >= 4 is 5.69 Å². The molecule has 5 heteroatoms. The van der Waals surface area contributed by atoms with Crippen LogP contribution in [0.25, 0.3) is 0 Å². The van der Waals surface area contributed by atoms with E-state index in [0.717, 1.165) is 26.1 Å². The van der Waals surface area contributed by atoms with Gasteiger partial charge < -0.3 is 15.0 Å². The number of nitrogens with one attached hydrogen (secondary N) is 1. The Morgan fingerprint density at radius 3 is 2.27 bits per heavy atom. The number of rotatable bonds is 10. The normalized spacial score (nSPS) is 12.3. The second-order valence-electron chi connectivity index (χ2n) is 6.63. The second-order valence-corrected chi connectivity index (χ2v) is 6.63. The van der Waals surface area contributed by atoms with Crippen molar-refractivity contribution in [2.45, 2.75) is 46.5 Å². The maximum atomic E-state index is 11.6. The lowest BCUT2D eigenvalue weighted by molar-refractivity contribution is 0.113. The predicted octanol–water partition coefficient (Wildman–Crippen LogP) is 1.74. The number of hydrogen-bond acceptors (Lipinski definition) is 5. The molecule has 0 spiro atoms. The molecule has 0 aromatic heterocycles. The minimum absolute atomic E-state index is 0.296. The molecule has 5 nitrogen and oxygen atoms in total. The highest BCUT2D eigenvalue weighted by molar-refractivity contribution is 5.59. The Bertz CT molecular complexity index is 525. The van der Waals surface area contributed by atoms with Crippen LogP contribution in [-0.4, -0.2) is 44.3 Å². The number of likely N-dealkylation sites (N-methyl/N-ethyl adjacent to an activating group) is 1. The molecular weight excluding hydrogens is 280 g/mol. The van der Waals surface area contributed by atoms with Gasteiger partial charge in [-0.2, -0.15) is 0 Å². The minimum atomic E-state index is -0.398. The molecule has 0 atom stereocenters. The average Bonchev–Trinajstić information content (AvgIpc) is 2.46. The van der Waals surface area contributed by atoms with E-state index in [9.17, 15) is 9.59 Å². The Morgan fingerprint density at radius 1 is 1.05 bits per heavy atom. The maximum absolute atomic E-state index is 11.6. The van der Waals surface area contributed by atoms with Crippen LogP contribution in [0.2, 0.25) is 0 Å². The van der Waals surface area contributed by atoms with Gasteiger partial charge >= 0.3 is 0 Å². The number of anilines is 1. The van der Waals surface area contributed by atoms with Crippen LogP contribution in [0, 0.1) is 0 Å². The molecule has 1 aromatic carbocycles. The Hall–Kier alpha value is -1.20. The average molecular weight is 310 g/mol. The number of hydrogen-bond donors (Lipinski definition) is 1. The molecule has 22 heavy (non-hydrogen) atoms. The van der Waals surface area contributed by atoms with Crippen LogP contribution in [0.1, 0.15) is 46.6 Å². The summed E-state index contributed by atoms with van der Waals surface area (Å²) in [5, 5.41) is 3.05. The zero-order valence-electron chi connectivity index (χ0n) is 14.6. The van der Waals surface area contributed by atoms with Crippen molar-refractivity contribution in [3.63, 3.8) is 0 Å². The van der Waals surface area contributed by atoms with E-state index in [-0.39, 0.29) is 10.8 Å². The second kappa shape index (κ2) is 8.44. The van der Waals surface area contributed by atoms with Gasteiger partial charge in [-0.25, -0.2) is 0 Å². The lowest BCUT2D eigenvalue weighted by Crippen LogP contribution is -2.43. The van der Waals surface area contributed by atoms with E-state index >= 15 is 0 Å². The van der Waals surface area contributed by atoms with Crippen molar-refractivity contribution in [2.24, 2.45) is 0 Å². The van der Waals surface area contributed by atoms with Gasteiger partial charge in [-0.05, 0) is 24.9 Å². The molecule has 0 radical (unpaired) electrons. The van der Waals surface area contributed by atoms with E-state index in [4.69, 9.17) is 4.74 Å². The van der Waals surface area contributed by atoms with Gasteiger partial charge in [0.1, 0.15) is 0 Å². The van der Waals surface area contributed by atoms with E-state index in [0.29, 0.717) is 31.0 Å². The van der Waals surface area contributed by atoms with Crippen molar-refractivity contribution in [3.8, 4) is 0 Å². The highest BCUT2D eigenvalue weighted by Crippen LogP contribution is 2.25. The zero-order chi connectivity index (χ0) is 16.8. The molecule has 0 saturated heterocycles. The van der Waals surface area contributed by atoms with E-state index in [1.54, 1.807) is 0 Å². The van der Waals surface area contributed by atoms with Crippen molar-refractivity contribution in [1.82, 2.24) is 4.90 Å². The van der Waals surface area contributed by atoms with Gasteiger partial charge in [-0.1, -0.05) is 34.6 Å². The van der Waals surface area contributed by atoms with Gasteiger partial charge in [0, 0.05) is 18.7 Å². The summed E-state index contributed by atoms with van der Waals surface area (Å²) in [7, 11) is 0. The van der Waals surface area contributed by atoms with Crippen LogP contribution in [0.3, 0.4) is 0 Å². The van der Waals surface area contributed by atoms with Crippen LogP contribution in [0.4, 0.5) is 5.69 Å². The van der Waals surface area contributed by atoms with Crippen LogP contribution in [-0.2, 0) is 10.2 Å². The summed E-state index contributed by atoms with van der Waals surface area (Å²) in [6.07, 6.45) is 1.15. The molecule has 1 rings (SSSR count). The van der Waals surface area contributed by atoms with Crippen molar-refractivity contribution in [2.75, 3.05) is 44.7 Å². The first kappa shape index (κ1) is 18.8. The van der Waals surface area contributed by atoms with E-state index in [2.05, 4.69) is 24.1 Å². The van der Waals surface area contributed by atoms with Gasteiger partial charge in [0.2, 0.25) is 10.9 Å². The molecule has 0 aliphatic rings. The number of ether oxygens (including phenoxy) is 1. The molecule has 0 heterocycles. The SMILES string of the molecule is CCCN(CC)CCOCCNc1c(C(C)(C)C)c(=O)c1=O. The summed E-state index contributed by atoms with van der Waals surface area (Å²) < 4.78 is 5.59. The monoisotopic (exact) mass is 310 g/mol. The first-order valence-corrected chi connectivity index (χ1v) is 8.20. The van der Waals surface area contributed by atoms with Gasteiger partial charge in [0.25, 0.3) is 0 Å². The summed E-state index contributed by atoms with van der Waals surface area (Å²) >= 11 is 0. The fourth-order valence-electron chi connectivity index (χ4n) is 2.56. The van der Waals surface area contributed by atoms with E-state index in [1.165, 1.54) is 0 Å². The zero-order valence-corrected chi connectivity index (χ0v) is 14.6. The Balaban J connectivity index is 2.31. The molecule has 1 aromatic rings. The van der Waals surface area contributed by atoms with Gasteiger partial charge in [0.05, 0.1) is 18.9 Å². The van der Waals surface area contributed by atoms with E-state index < -0.39 is 5.43 Å². The predicted molar refractivity (Wildman–Crippen MR) is 91.8 cm³/mol. The largest absolute Gasteiger partial charge is 0.379 e. The third-order valence-corrected chi connectivity index (χ3v) is 3.75. The third kappa shape index (κ3) is 4.92. The molecule has 1 N–H and O–H groups in total. The Morgan fingerprint density at radius 2 is 1.73 bits per heavy atom. The van der Waals surface area contributed by atoms with Crippen molar-refractivity contribution in [1.29, 1.82) is 0 Å². The molecule has 0 fully saturated rings. The standard InChI is InChI=1S/C17H30N2O3/c1-6-9-19(7-2)10-12-22-11-8-18-14-13(17(3,4)5)15(20)16(14)21/h18H,6-12H2,1-5H3. The summed E-state index contributed by atoms with van der Waals surface area (Å²) in [4.78, 5) is 25.6. The molecule has 126 valence electrons. The molecule has 0 aliphatic heterocycles. The van der Waals surface area contributed by atoms with E-state index in [1.807, 2.05) is 20.8 Å². The van der Waals surface area contributed by atoms with Crippen LogP contribution >= 0.6 is 0 Å². The van der Waals surface area contributed by atoms with Crippen molar-refractivity contribution in [3.05, 3.63) is 26.0 Å². The van der Waals surface area contributed by atoms with Crippen LogP contribution in [0.15, 0.2) is 9.59 Å². The molecule has 0 aliphatic carbocycles. The van der Waals surface area contributed by atoms with Crippen LogP contribution in [0.5, 0.6) is 0 Å². The van der Waals surface area contributed by atoms with Crippen LogP contribution < -0.4 is 16.2 Å². The van der Waals surface area contributed by atoms with Gasteiger partial charge in [-0.15, -0.1) is 0 Å². The third-order valence-electron chi connectivity index (χ3n) is 3.75. The van der Waals surface area contributed by atoms with Gasteiger partial charge in [-0.3, -0.25) is 9.59 Å². The maximum Gasteiger partial charge on any atom is 0.249 e. The quantitative estimate of drug-likeness (QED) is 0.527.